The molecule has 2 fully saturated rings. The molecule has 0 aromatic heterocycles. The molecule has 0 amide bonds. The summed E-state index contributed by atoms with van der Waals surface area (Å²) in [5.74, 6) is -0.747. The lowest BCUT2D eigenvalue weighted by Gasteiger charge is -2.43. The summed E-state index contributed by atoms with van der Waals surface area (Å²) < 4.78 is 59.3. The van der Waals surface area contributed by atoms with E-state index < -0.39 is 42.6 Å². The van der Waals surface area contributed by atoms with Gasteiger partial charge in [0.1, 0.15) is 24.4 Å². The number of alkyl halides is 1. The van der Waals surface area contributed by atoms with E-state index in [2.05, 4.69) is 0 Å². The second-order valence-electron chi connectivity index (χ2n) is 11.8. The summed E-state index contributed by atoms with van der Waals surface area (Å²) in [6.45, 7) is 6.44. The van der Waals surface area contributed by atoms with Crippen LogP contribution in [0.4, 0.5) is 4.39 Å². The predicted molar refractivity (Wildman–Crippen MR) is 163 cm³/mol. The van der Waals surface area contributed by atoms with Gasteiger partial charge in [-0.3, -0.25) is 0 Å². The summed E-state index contributed by atoms with van der Waals surface area (Å²) in [5, 5.41) is 0. The van der Waals surface area contributed by atoms with Gasteiger partial charge in [0.25, 0.3) is 0 Å². The first-order valence-electron chi connectivity index (χ1n) is 15.2. The van der Waals surface area contributed by atoms with Gasteiger partial charge in [0.15, 0.2) is 18.2 Å². The average molecular weight is 610 g/mol. The molecule has 238 valence electrons. The largest absolute Gasteiger partial charge is 0.374 e. The van der Waals surface area contributed by atoms with Gasteiger partial charge in [0.2, 0.25) is 0 Å². The minimum atomic E-state index is -1.55. The van der Waals surface area contributed by atoms with E-state index in [1.54, 1.807) is 0 Å². The highest BCUT2D eigenvalue weighted by molar-refractivity contribution is 5.15. The van der Waals surface area contributed by atoms with Crippen molar-refractivity contribution in [3.63, 3.8) is 0 Å². The molecule has 2 aliphatic heterocycles. The number of halogens is 1. The van der Waals surface area contributed by atoms with Crippen LogP contribution in [0.15, 0.2) is 91.0 Å². The van der Waals surface area contributed by atoms with Gasteiger partial charge >= 0.3 is 0 Å². The van der Waals surface area contributed by atoms with Gasteiger partial charge in [-0.1, -0.05) is 91.0 Å². The fraction of sp³-hybridized carbons (Fsp3) is 0.486. The molecule has 0 bridgehead atoms. The fourth-order valence-corrected chi connectivity index (χ4v) is 5.60. The Morgan fingerprint density at radius 1 is 0.750 bits per heavy atom. The van der Waals surface area contributed by atoms with Crippen LogP contribution in [-0.2, 0) is 53.0 Å². The summed E-state index contributed by atoms with van der Waals surface area (Å²) in [7, 11) is 0. The maximum absolute atomic E-state index is 16.3. The van der Waals surface area contributed by atoms with Gasteiger partial charge in [0.05, 0.1) is 45.2 Å². The van der Waals surface area contributed by atoms with Crippen molar-refractivity contribution in [3.8, 4) is 0 Å². The smallest absolute Gasteiger partial charge is 0.187 e. The Labute approximate surface area is 259 Å². The summed E-state index contributed by atoms with van der Waals surface area (Å²) in [6.07, 6.45) is -5.98. The zero-order valence-corrected chi connectivity index (χ0v) is 25.6. The molecule has 44 heavy (non-hydrogen) atoms. The molecule has 2 unspecified atom stereocenters. The topological polar surface area (TPSA) is 90.6 Å². The van der Waals surface area contributed by atoms with E-state index >= 15 is 4.39 Å². The molecule has 2 aliphatic rings. The molecule has 9 heteroatoms. The van der Waals surface area contributed by atoms with Crippen LogP contribution in [0.5, 0.6) is 0 Å². The molecule has 5 rings (SSSR count). The van der Waals surface area contributed by atoms with Crippen molar-refractivity contribution in [1.82, 2.24) is 0 Å². The van der Waals surface area contributed by atoms with E-state index in [4.69, 9.17) is 38.9 Å². The molecule has 2 heterocycles. The number of benzene rings is 3. The molecule has 3 aromatic carbocycles. The molecule has 0 radical (unpaired) electrons. The van der Waals surface area contributed by atoms with Gasteiger partial charge in [-0.15, -0.1) is 0 Å². The van der Waals surface area contributed by atoms with E-state index in [1.807, 2.05) is 112 Å². The van der Waals surface area contributed by atoms with E-state index in [9.17, 15) is 0 Å². The minimum Gasteiger partial charge on any atom is -0.374 e. The summed E-state index contributed by atoms with van der Waals surface area (Å²) in [4.78, 5) is 0. The third-order valence-electron chi connectivity index (χ3n) is 7.76. The average Bonchev–Trinajstić information content (AvgIpc) is 3.32. The first-order valence-corrected chi connectivity index (χ1v) is 15.2. The lowest BCUT2D eigenvalue weighted by atomic mass is 9.99. The highest BCUT2D eigenvalue weighted by atomic mass is 19.1. The standard InChI is InChI=1S/C35H44FNO7/c1-24-31(44-35(2,3)43-24)28(37)22-41-34-33(40-21-27-17-11-6-12-18-27)32(39-20-26-15-9-5-10-16-26)30(36)29(42-34)23-38-19-25-13-7-4-8-14-25/h4-18,24,28-34H,19-23,37H2,1-3H3/t24-,28+,29?,30-,31-,32+,33?,34+/m1/s1. The predicted octanol–water partition coefficient (Wildman–Crippen LogP) is 5.32. The van der Waals surface area contributed by atoms with E-state index in [0.717, 1.165) is 16.7 Å². The van der Waals surface area contributed by atoms with Crippen LogP contribution < -0.4 is 5.73 Å². The summed E-state index contributed by atoms with van der Waals surface area (Å²) in [5.41, 5.74) is 9.37. The van der Waals surface area contributed by atoms with Crippen molar-refractivity contribution in [2.24, 2.45) is 5.73 Å². The molecule has 0 spiro atoms. The highest BCUT2D eigenvalue weighted by Crippen LogP contribution is 2.32. The van der Waals surface area contributed by atoms with Crippen LogP contribution >= 0.6 is 0 Å². The summed E-state index contributed by atoms with van der Waals surface area (Å²) in [6, 6.07) is 28.5. The number of rotatable bonds is 14. The Morgan fingerprint density at radius 2 is 1.27 bits per heavy atom. The summed E-state index contributed by atoms with van der Waals surface area (Å²) >= 11 is 0. The maximum Gasteiger partial charge on any atom is 0.187 e. The monoisotopic (exact) mass is 609 g/mol. The first-order chi connectivity index (χ1) is 21.3. The zero-order chi connectivity index (χ0) is 30.9. The zero-order valence-electron chi connectivity index (χ0n) is 25.6. The first kappa shape index (κ1) is 32.7. The third kappa shape index (κ3) is 8.93. The van der Waals surface area contributed by atoms with E-state index in [0.29, 0.717) is 6.61 Å². The molecular weight excluding hydrogens is 565 g/mol. The normalized spacial score (nSPS) is 29.0. The molecule has 2 N–H and O–H groups in total. The van der Waals surface area contributed by atoms with Crippen LogP contribution in [0.25, 0.3) is 0 Å². The molecule has 2 saturated heterocycles. The van der Waals surface area contributed by atoms with E-state index in [1.165, 1.54) is 0 Å². The van der Waals surface area contributed by atoms with Crippen molar-refractivity contribution in [2.45, 2.75) is 95.4 Å². The minimum absolute atomic E-state index is 0.00335. The maximum atomic E-state index is 16.3. The van der Waals surface area contributed by atoms with Crippen molar-refractivity contribution in [2.75, 3.05) is 13.2 Å². The Kier molecular flexibility index (Phi) is 11.5. The van der Waals surface area contributed by atoms with Crippen LogP contribution in [0.2, 0.25) is 0 Å². The lowest BCUT2D eigenvalue weighted by molar-refractivity contribution is -0.313. The second-order valence-corrected chi connectivity index (χ2v) is 11.8. The van der Waals surface area contributed by atoms with Crippen molar-refractivity contribution in [3.05, 3.63) is 108 Å². The van der Waals surface area contributed by atoms with Gasteiger partial charge in [-0.25, -0.2) is 4.39 Å². The SMILES string of the molecule is C[C@H]1OC(C)(C)O[C@H]1[C@@H](N)CO[C@H]1OC(COCc2ccccc2)[C@@H](F)[C@H](OCc2ccccc2)C1OCc1ccccc1. The van der Waals surface area contributed by atoms with Crippen LogP contribution in [-0.4, -0.2) is 68.0 Å². The number of nitrogens with two attached hydrogens (primary N) is 1. The van der Waals surface area contributed by atoms with Crippen LogP contribution in [0.3, 0.4) is 0 Å². The quantitative estimate of drug-likeness (QED) is 0.263. The van der Waals surface area contributed by atoms with Gasteiger partial charge < -0.3 is 38.9 Å². The van der Waals surface area contributed by atoms with Gasteiger partial charge in [-0.2, -0.15) is 0 Å². The Hall–Kier alpha value is -2.73. The molecular formula is C35H44FNO7. The van der Waals surface area contributed by atoms with E-state index in [-0.39, 0.29) is 38.6 Å². The molecule has 0 saturated carbocycles. The molecule has 8 nitrogen and oxygen atoms in total. The van der Waals surface area contributed by atoms with Crippen molar-refractivity contribution in [1.29, 1.82) is 0 Å². The van der Waals surface area contributed by atoms with Crippen molar-refractivity contribution < 1.29 is 37.5 Å². The Morgan fingerprint density at radius 3 is 1.80 bits per heavy atom. The highest BCUT2D eigenvalue weighted by Gasteiger charge is 2.49. The fourth-order valence-electron chi connectivity index (χ4n) is 5.60. The Bertz CT molecular complexity index is 1250. The Balaban J connectivity index is 1.33. The molecule has 3 aromatic rings. The van der Waals surface area contributed by atoms with Crippen LogP contribution in [0.1, 0.15) is 37.5 Å². The molecule has 8 atom stereocenters. The number of hydrogen-bond acceptors (Lipinski definition) is 8. The second kappa shape index (κ2) is 15.5. The number of hydrogen-bond donors (Lipinski definition) is 1. The lowest BCUT2D eigenvalue weighted by Crippen LogP contribution is -2.60. The van der Waals surface area contributed by atoms with Gasteiger partial charge in [0, 0.05) is 0 Å². The third-order valence-corrected chi connectivity index (χ3v) is 7.76. The molecule has 0 aliphatic carbocycles. The van der Waals surface area contributed by atoms with Crippen LogP contribution in [0, 0.1) is 0 Å². The van der Waals surface area contributed by atoms with Crippen molar-refractivity contribution >= 4 is 0 Å². The number of ether oxygens (including phenoxy) is 7. The van der Waals surface area contributed by atoms with Gasteiger partial charge in [-0.05, 0) is 37.5 Å².